The van der Waals surface area contributed by atoms with Crippen molar-refractivity contribution in [2.45, 2.75) is 45.1 Å². The van der Waals surface area contributed by atoms with Crippen molar-refractivity contribution in [3.05, 3.63) is 29.8 Å². The third-order valence-corrected chi connectivity index (χ3v) is 5.03. The summed E-state index contributed by atoms with van der Waals surface area (Å²) in [5.41, 5.74) is 1.72. The monoisotopic (exact) mass is 285 g/mol. The second-order valence-corrected chi connectivity index (χ2v) is 6.45. The number of nitrogens with zero attached hydrogens (tertiary/aromatic N) is 1. The summed E-state index contributed by atoms with van der Waals surface area (Å²) < 4.78 is 0. The summed E-state index contributed by atoms with van der Waals surface area (Å²) in [5, 5.41) is 0. The Hall–Kier alpha value is -1.48. The largest absolute Gasteiger partial charge is 0.332 e. The number of ketones is 1. The van der Waals surface area contributed by atoms with Crippen LogP contribution in [0.1, 0.15) is 49.4 Å². The molecule has 0 aromatic heterocycles. The van der Waals surface area contributed by atoms with Crippen molar-refractivity contribution in [1.82, 2.24) is 0 Å². The highest BCUT2D eigenvalue weighted by Gasteiger charge is 2.35. The maximum absolute atomic E-state index is 11.3. The van der Waals surface area contributed by atoms with Gasteiger partial charge in [-0.3, -0.25) is 9.79 Å². The van der Waals surface area contributed by atoms with Crippen molar-refractivity contribution in [2.75, 3.05) is 13.1 Å². The van der Waals surface area contributed by atoms with Crippen molar-refractivity contribution in [2.24, 2.45) is 10.9 Å². The fourth-order valence-electron chi connectivity index (χ4n) is 3.84. The first-order chi connectivity index (χ1) is 10.2. The van der Waals surface area contributed by atoms with Crippen molar-refractivity contribution >= 4 is 17.7 Å². The fraction of sp³-hybridized carbons (Fsp3) is 0.556. The van der Waals surface area contributed by atoms with Crippen LogP contribution in [-0.2, 0) is 0 Å². The van der Waals surface area contributed by atoms with Crippen molar-refractivity contribution in [1.29, 1.82) is 0 Å². The summed E-state index contributed by atoms with van der Waals surface area (Å²) in [6.45, 7) is 4.30. The summed E-state index contributed by atoms with van der Waals surface area (Å²) in [5.74, 6) is 0.737. The van der Waals surface area contributed by atoms with E-state index < -0.39 is 0 Å². The summed E-state index contributed by atoms with van der Waals surface area (Å²) in [6, 6.07) is 8.42. The van der Waals surface area contributed by atoms with Crippen LogP contribution in [0.2, 0.25) is 0 Å². The Balaban J connectivity index is 1.68. The van der Waals surface area contributed by atoms with E-state index in [1.165, 1.54) is 45.2 Å². The molecule has 3 atom stereocenters. The Morgan fingerprint density at radius 2 is 1.90 bits per heavy atom. The van der Waals surface area contributed by atoms with E-state index in [2.05, 4.69) is 11.2 Å². The normalized spacial score (nSPS) is 29.3. The molecule has 21 heavy (non-hydrogen) atoms. The Bertz CT molecular complexity index is 519. The van der Waals surface area contributed by atoms with Gasteiger partial charge in [-0.1, -0.05) is 0 Å². The van der Waals surface area contributed by atoms with Crippen molar-refractivity contribution in [3.8, 4) is 0 Å². The second kappa shape index (κ2) is 6.52. The predicted molar refractivity (Wildman–Crippen MR) is 85.7 cm³/mol. The Labute approximate surface area is 127 Å². The molecular weight excluding hydrogens is 260 g/mol. The number of Topliss-reactive ketones (excluding diaryl/α,β-unsaturated/α-hetero) is 1. The summed E-state index contributed by atoms with van der Waals surface area (Å²) >= 11 is 0. The van der Waals surface area contributed by atoms with Crippen LogP contribution in [-0.4, -0.2) is 31.1 Å². The van der Waals surface area contributed by atoms with E-state index in [0.717, 1.165) is 17.3 Å². The molecule has 2 heterocycles. The molecule has 0 spiro atoms. The SMILES string of the molecule is CC(=O)c1ccc(N=C[C@H]2CCC[NH+]3CCCC[C@H]23)cc1. The lowest BCUT2D eigenvalue weighted by molar-refractivity contribution is -0.938. The molecule has 0 saturated carbocycles. The highest BCUT2D eigenvalue weighted by molar-refractivity contribution is 5.94. The van der Waals surface area contributed by atoms with Crippen LogP contribution in [0.4, 0.5) is 5.69 Å². The van der Waals surface area contributed by atoms with E-state index in [1.54, 1.807) is 11.8 Å². The smallest absolute Gasteiger partial charge is 0.159 e. The minimum atomic E-state index is 0.110. The molecule has 112 valence electrons. The molecule has 1 unspecified atom stereocenters. The zero-order valence-corrected chi connectivity index (χ0v) is 12.8. The number of aliphatic imine (C=N–C) groups is 1. The summed E-state index contributed by atoms with van der Waals surface area (Å²) in [4.78, 5) is 17.8. The lowest BCUT2D eigenvalue weighted by atomic mass is 9.84. The van der Waals surface area contributed by atoms with E-state index in [0.29, 0.717) is 5.92 Å². The number of piperidine rings is 2. The zero-order chi connectivity index (χ0) is 14.7. The van der Waals surface area contributed by atoms with E-state index >= 15 is 0 Å². The van der Waals surface area contributed by atoms with Crippen LogP contribution in [0, 0.1) is 5.92 Å². The third-order valence-electron chi connectivity index (χ3n) is 5.03. The van der Waals surface area contributed by atoms with E-state index in [-0.39, 0.29) is 5.78 Å². The van der Waals surface area contributed by atoms with Crippen LogP contribution in [0.15, 0.2) is 29.3 Å². The molecule has 3 rings (SSSR count). The van der Waals surface area contributed by atoms with Gasteiger partial charge < -0.3 is 4.90 Å². The first-order valence-electron chi connectivity index (χ1n) is 8.24. The van der Waals surface area contributed by atoms with Gasteiger partial charge in [0.25, 0.3) is 0 Å². The minimum Gasteiger partial charge on any atom is -0.332 e. The maximum Gasteiger partial charge on any atom is 0.159 e. The molecule has 0 radical (unpaired) electrons. The van der Waals surface area contributed by atoms with Crippen molar-refractivity contribution in [3.63, 3.8) is 0 Å². The quantitative estimate of drug-likeness (QED) is 0.672. The van der Waals surface area contributed by atoms with Crippen LogP contribution >= 0.6 is 0 Å². The molecule has 1 aromatic rings. The molecule has 1 aromatic carbocycles. The number of nitrogens with one attached hydrogen (secondary N) is 1. The standard InChI is InChI=1S/C18H24N2O/c1-14(21)15-7-9-17(10-8-15)19-13-16-5-4-12-20-11-3-2-6-18(16)20/h7-10,13,16,18H,2-6,11-12H2,1H3/p+1/t16-,18-/m1/s1. The Morgan fingerprint density at radius 3 is 2.67 bits per heavy atom. The fourth-order valence-corrected chi connectivity index (χ4v) is 3.84. The lowest BCUT2D eigenvalue weighted by Gasteiger charge is -2.39. The topological polar surface area (TPSA) is 33.9 Å². The number of carbonyl (C=O) groups excluding carboxylic acids is 1. The number of quaternary nitrogens is 1. The average Bonchev–Trinajstić information content (AvgIpc) is 2.53. The molecule has 2 fully saturated rings. The van der Waals surface area contributed by atoms with Crippen molar-refractivity contribution < 1.29 is 9.69 Å². The van der Waals surface area contributed by atoms with Gasteiger partial charge >= 0.3 is 0 Å². The van der Waals surface area contributed by atoms with Crippen LogP contribution in [0.5, 0.6) is 0 Å². The second-order valence-electron chi connectivity index (χ2n) is 6.45. The Kier molecular flexibility index (Phi) is 4.49. The van der Waals surface area contributed by atoms with E-state index in [1.807, 2.05) is 24.3 Å². The third kappa shape index (κ3) is 3.41. The number of fused-ring (bicyclic) bond motifs is 1. The van der Waals surface area contributed by atoms with E-state index in [9.17, 15) is 4.79 Å². The molecule has 2 aliphatic heterocycles. The number of carbonyl (C=O) groups is 1. The molecule has 2 aliphatic rings. The van der Waals surface area contributed by atoms with Gasteiger partial charge in [0.1, 0.15) is 0 Å². The molecule has 1 N–H and O–H groups in total. The van der Waals surface area contributed by atoms with Gasteiger partial charge in [-0.05, 0) is 56.9 Å². The van der Waals surface area contributed by atoms with E-state index in [4.69, 9.17) is 0 Å². The number of hydrogen-bond acceptors (Lipinski definition) is 2. The van der Waals surface area contributed by atoms with Gasteiger partial charge in [-0.25, -0.2) is 0 Å². The first-order valence-corrected chi connectivity index (χ1v) is 8.24. The van der Waals surface area contributed by atoms with Gasteiger partial charge in [-0.15, -0.1) is 0 Å². The minimum absolute atomic E-state index is 0.110. The summed E-state index contributed by atoms with van der Waals surface area (Å²) in [7, 11) is 0. The average molecular weight is 285 g/mol. The van der Waals surface area contributed by atoms with Gasteiger partial charge in [0.05, 0.1) is 24.8 Å². The molecule has 0 amide bonds. The number of hydrogen-bond donors (Lipinski definition) is 1. The highest BCUT2D eigenvalue weighted by Crippen LogP contribution is 2.20. The molecule has 0 bridgehead atoms. The molecule has 0 aliphatic carbocycles. The van der Waals surface area contributed by atoms with Crippen LogP contribution in [0.25, 0.3) is 0 Å². The van der Waals surface area contributed by atoms with Gasteiger partial charge in [0, 0.05) is 24.1 Å². The van der Waals surface area contributed by atoms with Crippen LogP contribution < -0.4 is 4.90 Å². The zero-order valence-electron chi connectivity index (χ0n) is 12.8. The maximum atomic E-state index is 11.3. The predicted octanol–water partition coefficient (Wildman–Crippen LogP) is 2.44. The molecule has 3 heteroatoms. The summed E-state index contributed by atoms with van der Waals surface area (Å²) in [6.07, 6.45) is 8.91. The Morgan fingerprint density at radius 1 is 1.14 bits per heavy atom. The van der Waals surface area contributed by atoms with Crippen LogP contribution in [0.3, 0.4) is 0 Å². The number of benzene rings is 1. The molecule has 3 nitrogen and oxygen atoms in total. The first kappa shape index (κ1) is 14.5. The van der Waals surface area contributed by atoms with Gasteiger partial charge in [-0.2, -0.15) is 0 Å². The highest BCUT2D eigenvalue weighted by atomic mass is 16.1. The molecule has 2 saturated heterocycles. The molecular formula is C18H25N2O+. The number of rotatable bonds is 3. The lowest BCUT2D eigenvalue weighted by Crippen LogP contribution is -3.18. The van der Waals surface area contributed by atoms with Gasteiger partial charge in [0.2, 0.25) is 0 Å². The van der Waals surface area contributed by atoms with Gasteiger partial charge in [0.15, 0.2) is 5.78 Å².